The summed E-state index contributed by atoms with van der Waals surface area (Å²) in [6.45, 7) is 4.33. The SMILES string of the molecule is CC(C)(C)C(=O)C(C#N)=C(O)c1ccc(OC(F)(F)C(F)F)cc1[N+](=O)[O-]. The molecule has 1 aromatic carbocycles. The molecule has 7 nitrogen and oxygen atoms in total. The van der Waals surface area contributed by atoms with Gasteiger partial charge in [-0.2, -0.15) is 22.8 Å². The van der Waals surface area contributed by atoms with Crippen LogP contribution in [0.4, 0.5) is 23.2 Å². The molecule has 0 unspecified atom stereocenters. The van der Waals surface area contributed by atoms with Crippen molar-refractivity contribution < 1.29 is 37.1 Å². The summed E-state index contributed by atoms with van der Waals surface area (Å²) >= 11 is 0. The molecule has 27 heavy (non-hydrogen) atoms. The molecule has 0 bridgehead atoms. The molecule has 0 heterocycles. The summed E-state index contributed by atoms with van der Waals surface area (Å²) in [5.74, 6) is -2.83. The van der Waals surface area contributed by atoms with Gasteiger partial charge in [-0.1, -0.05) is 20.8 Å². The molecular formula is C16H14F4N2O5. The maximum atomic E-state index is 13.0. The quantitative estimate of drug-likeness (QED) is 0.194. The molecule has 146 valence electrons. The zero-order valence-corrected chi connectivity index (χ0v) is 14.3. The summed E-state index contributed by atoms with van der Waals surface area (Å²) in [5, 5.41) is 30.5. The number of aliphatic hydroxyl groups excluding tert-OH is 1. The molecule has 1 aromatic rings. The van der Waals surface area contributed by atoms with Crippen LogP contribution in [-0.4, -0.2) is 28.3 Å². The van der Waals surface area contributed by atoms with Gasteiger partial charge in [-0.05, 0) is 12.1 Å². The first kappa shape index (κ1) is 21.9. The fourth-order valence-electron chi connectivity index (χ4n) is 1.85. The second kappa shape index (κ2) is 7.61. The van der Waals surface area contributed by atoms with E-state index in [0.29, 0.717) is 18.2 Å². The number of rotatable bonds is 6. The van der Waals surface area contributed by atoms with Crippen LogP contribution in [0.15, 0.2) is 23.8 Å². The van der Waals surface area contributed by atoms with Gasteiger partial charge in [0.2, 0.25) is 0 Å². The number of alkyl halides is 4. The highest BCUT2D eigenvalue weighted by Gasteiger charge is 2.44. The van der Waals surface area contributed by atoms with Gasteiger partial charge in [0, 0.05) is 5.41 Å². The molecule has 0 atom stereocenters. The molecule has 0 radical (unpaired) electrons. The third-order valence-electron chi connectivity index (χ3n) is 3.19. The zero-order chi connectivity index (χ0) is 21.2. The van der Waals surface area contributed by atoms with Crippen LogP contribution in [0.1, 0.15) is 26.3 Å². The Balaban J connectivity index is 3.53. The van der Waals surface area contributed by atoms with Gasteiger partial charge in [-0.3, -0.25) is 14.9 Å². The summed E-state index contributed by atoms with van der Waals surface area (Å²) in [6.07, 6.45) is -9.08. The molecule has 0 fully saturated rings. The third-order valence-corrected chi connectivity index (χ3v) is 3.19. The van der Waals surface area contributed by atoms with E-state index >= 15 is 0 Å². The van der Waals surface area contributed by atoms with Crippen molar-refractivity contribution >= 4 is 17.2 Å². The maximum absolute atomic E-state index is 13.0. The number of hydrogen-bond acceptors (Lipinski definition) is 6. The second-order valence-electron chi connectivity index (χ2n) is 6.32. The summed E-state index contributed by atoms with van der Waals surface area (Å²) in [6, 6.07) is 3.19. The minimum atomic E-state index is -4.90. The van der Waals surface area contributed by atoms with Crippen LogP contribution >= 0.6 is 0 Å². The predicted octanol–water partition coefficient (Wildman–Crippen LogP) is 4.24. The highest BCUT2D eigenvalue weighted by atomic mass is 19.3. The summed E-state index contributed by atoms with van der Waals surface area (Å²) in [7, 11) is 0. The van der Waals surface area contributed by atoms with Gasteiger partial charge in [-0.25, -0.2) is 0 Å². The number of carbonyl (C=O) groups is 1. The smallest absolute Gasteiger partial charge is 0.461 e. The minimum absolute atomic E-state index is 0.373. The lowest BCUT2D eigenvalue weighted by molar-refractivity contribution is -0.385. The van der Waals surface area contributed by atoms with Crippen molar-refractivity contribution in [2.75, 3.05) is 0 Å². The molecule has 0 aromatic heterocycles. The van der Waals surface area contributed by atoms with E-state index in [-0.39, 0.29) is 0 Å². The van der Waals surface area contributed by atoms with Crippen molar-refractivity contribution in [3.05, 3.63) is 39.4 Å². The van der Waals surface area contributed by atoms with Gasteiger partial charge in [0.05, 0.1) is 16.6 Å². The van der Waals surface area contributed by atoms with Gasteiger partial charge >= 0.3 is 12.5 Å². The Morgan fingerprint density at radius 3 is 2.30 bits per heavy atom. The Hall–Kier alpha value is -3.16. The number of nitrogens with zero attached hydrogens (tertiary/aromatic N) is 2. The van der Waals surface area contributed by atoms with E-state index in [1.807, 2.05) is 0 Å². The number of ether oxygens (including phenoxy) is 1. The number of allylic oxidation sites excluding steroid dienone is 1. The van der Waals surface area contributed by atoms with E-state index in [2.05, 4.69) is 4.74 Å². The summed E-state index contributed by atoms with van der Waals surface area (Å²) in [5.41, 5.74) is -3.54. The largest absolute Gasteiger partial charge is 0.506 e. The highest BCUT2D eigenvalue weighted by molar-refractivity contribution is 6.08. The molecule has 1 N–H and O–H groups in total. The van der Waals surface area contributed by atoms with E-state index < -0.39 is 57.0 Å². The molecule has 0 amide bonds. The van der Waals surface area contributed by atoms with Crippen molar-refractivity contribution in [1.29, 1.82) is 5.26 Å². The summed E-state index contributed by atoms with van der Waals surface area (Å²) in [4.78, 5) is 22.3. The molecular weight excluding hydrogens is 376 g/mol. The number of halogens is 4. The monoisotopic (exact) mass is 390 g/mol. The lowest BCUT2D eigenvalue weighted by Crippen LogP contribution is -2.33. The van der Waals surface area contributed by atoms with Crippen LogP contribution in [0, 0.1) is 26.9 Å². The predicted molar refractivity (Wildman–Crippen MR) is 84.3 cm³/mol. The Morgan fingerprint density at radius 1 is 1.33 bits per heavy atom. The Bertz CT molecular complexity index is 838. The lowest BCUT2D eigenvalue weighted by atomic mass is 9.85. The first-order chi connectivity index (χ1) is 12.2. The van der Waals surface area contributed by atoms with E-state index in [1.165, 1.54) is 26.8 Å². The number of ketones is 1. The molecule has 1 rings (SSSR count). The van der Waals surface area contributed by atoms with Gasteiger partial charge < -0.3 is 9.84 Å². The van der Waals surface area contributed by atoms with E-state index in [0.717, 1.165) is 0 Å². The molecule has 0 aliphatic carbocycles. The molecule has 0 aliphatic rings. The molecule has 0 spiro atoms. The Kier molecular flexibility index (Phi) is 6.17. The van der Waals surface area contributed by atoms with Crippen molar-refractivity contribution in [3.8, 4) is 11.8 Å². The lowest BCUT2D eigenvalue weighted by Gasteiger charge is -2.18. The number of aliphatic hydroxyl groups is 1. The fourth-order valence-corrected chi connectivity index (χ4v) is 1.85. The van der Waals surface area contributed by atoms with Gasteiger partial charge in [-0.15, -0.1) is 0 Å². The van der Waals surface area contributed by atoms with Crippen molar-refractivity contribution in [3.63, 3.8) is 0 Å². The maximum Gasteiger partial charge on any atom is 0.461 e. The van der Waals surface area contributed by atoms with Crippen LogP contribution in [0.3, 0.4) is 0 Å². The number of hydrogen-bond donors (Lipinski definition) is 1. The number of nitriles is 1. The highest BCUT2D eigenvalue weighted by Crippen LogP contribution is 2.35. The number of benzene rings is 1. The topological polar surface area (TPSA) is 113 Å². The average Bonchev–Trinajstić information content (AvgIpc) is 2.53. The molecule has 11 heteroatoms. The van der Waals surface area contributed by atoms with Crippen molar-refractivity contribution in [2.45, 2.75) is 33.3 Å². The molecule has 0 aliphatic heterocycles. The number of nitro groups is 1. The van der Waals surface area contributed by atoms with Gasteiger partial charge in [0.15, 0.2) is 11.5 Å². The third kappa shape index (κ3) is 4.93. The normalized spacial score (nSPS) is 13.0. The molecule has 0 saturated carbocycles. The zero-order valence-electron chi connectivity index (χ0n) is 14.3. The standard InChI is InChI=1S/C16H14F4N2O5/c1-15(2,3)13(24)10(7-21)12(23)9-5-4-8(6-11(9)22(25)26)27-16(19,20)14(17)18/h4-6,14,23H,1-3H3. The van der Waals surface area contributed by atoms with Crippen molar-refractivity contribution in [2.24, 2.45) is 5.41 Å². The van der Waals surface area contributed by atoms with Crippen LogP contribution in [0.2, 0.25) is 0 Å². The fraction of sp³-hybridized carbons (Fsp3) is 0.375. The first-order valence-corrected chi connectivity index (χ1v) is 7.24. The first-order valence-electron chi connectivity index (χ1n) is 7.24. The van der Waals surface area contributed by atoms with Crippen LogP contribution in [0.5, 0.6) is 5.75 Å². The van der Waals surface area contributed by atoms with Crippen LogP contribution < -0.4 is 4.74 Å². The van der Waals surface area contributed by atoms with Gasteiger partial charge in [0.1, 0.15) is 17.4 Å². The van der Waals surface area contributed by atoms with E-state index in [9.17, 15) is 37.6 Å². The minimum Gasteiger partial charge on any atom is -0.506 e. The van der Waals surface area contributed by atoms with E-state index in [4.69, 9.17) is 5.26 Å². The molecule has 0 saturated heterocycles. The number of carbonyl (C=O) groups excluding carboxylic acids is 1. The Labute approximate surface area is 150 Å². The number of Topliss-reactive ketones (excluding diaryl/α,β-unsaturated/α-hetero) is 1. The van der Waals surface area contributed by atoms with Crippen LogP contribution in [0.25, 0.3) is 5.76 Å². The Morgan fingerprint density at radius 2 is 1.89 bits per heavy atom. The van der Waals surface area contributed by atoms with Crippen molar-refractivity contribution in [1.82, 2.24) is 0 Å². The number of nitro benzene ring substituents is 1. The summed E-state index contributed by atoms with van der Waals surface area (Å²) < 4.78 is 54.0. The average molecular weight is 390 g/mol. The second-order valence-corrected chi connectivity index (χ2v) is 6.32. The van der Waals surface area contributed by atoms with E-state index in [1.54, 1.807) is 0 Å². The van der Waals surface area contributed by atoms with Gasteiger partial charge in [0.25, 0.3) is 5.69 Å². The van der Waals surface area contributed by atoms with Crippen LogP contribution in [-0.2, 0) is 4.79 Å².